The maximum atomic E-state index is 12.6. The average Bonchev–Trinajstić information content (AvgIpc) is 2.95. The van der Waals surface area contributed by atoms with Gasteiger partial charge < -0.3 is 4.42 Å². The molecule has 0 bridgehead atoms. The number of hydrogen-bond donors (Lipinski definition) is 0. The predicted octanol–water partition coefficient (Wildman–Crippen LogP) is 4.35. The van der Waals surface area contributed by atoms with Crippen molar-refractivity contribution in [3.63, 3.8) is 0 Å². The molecule has 23 heavy (non-hydrogen) atoms. The van der Waals surface area contributed by atoms with Crippen LogP contribution in [0.25, 0.3) is 11.5 Å². The molecule has 0 aliphatic rings. The Labute approximate surface area is 136 Å². The van der Waals surface area contributed by atoms with Crippen LogP contribution in [0.3, 0.4) is 0 Å². The fourth-order valence-electron chi connectivity index (χ4n) is 1.62. The fraction of sp³-hybridized carbons (Fsp3) is 0.0769. The van der Waals surface area contributed by atoms with Crippen LogP contribution in [0.2, 0.25) is 5.02 Å². The van der Waals surface area contributed by atoms with E-state index in [1.165, 1.54) is 0 Å². The van der Waals surface area contributed by atoms with Crippen molar-refractivity contribution in [2.45, 2.75) is 16.6 Å². The van der Waals surface area contributed by atoms with E-state index in [9.17, 15) is 13.2 Å². The number of benzene rings is 1. The molecule has 0 amide bonds. The number of halogens is 4. The lowest BCUT2D eigenvalue weighted by Crippen LogP contribution is -2.08. The van der Waals surface area contributed by atoms with Gasteiger partial charge in [0.1, 0.15) is 5.69 Å². The first-order valence-corrected chi connectivity index (χ1v) is 7.29. The molecular weight excluding hydrogens is 353 g/mol. The molecule has 1 aromatic carbocycles. The highest BCUT2D eigenvalue weighted by molar-refractivity contribution is 7.98. The zero-order valence-corrected chi connectivity index (χ0v) is 12.7. The summed E-state index contributed by atoms with van der Waals surface area (Å²) in [5, 5.41) is 7.85. The lowest BCUT2D eigenvalue weighted by molar-refractivity contribution is -0.141. The molecule has 0 fully saturated rings. The number of aromatic nitrogens is 4. The second-order valence-corrected chi connectivity index (χ2v) is 5.50. The zero-order valence-electron chi connectivity index (χ0n) is 11.1. The Hall–Kier alpha value is -2.13. The lowest BCUT2D eigenvalue weighted by Gasteiger charge is -2.05. The highest BCUT2D eigenvalue weighted by atomic mass is 35.5. The Morgan fingerprint density at radius 3 is 2.61 bits per heavy atom. The zero-order chi connectivity index (χ0) is 16.4. The van der Waals surface area contributed by atoms with E-state index in [2.05, 4.69) is 20.2 Å². The van der Waals surface area contributed by atoms with Gasteiger partial charge in [0.05, 0.1) is 10.6 Å². The molecule has 0 spiro atoms. The van der Waals surface area contributed by atoms with Crippen LogP contribution < -0.4 is 0 Å². The molecule has 0 saturated carbocycles. The van der Waals surface area contributed by atoms with Crippen molar-refractivity contribution in [2.24, 2.45) is 0 Å². The van der Waals surface area contributed by atoms with Crippen molar-refractivity contribution in [1.29, 1.82) is 0 Å². The molecule has 0 aliphatic carbocycles. The summed E-state index contributed by atoms with van der Waals surface area (Å²) in [6.07, 6.45) is -3.53. The normalized spacial score (nSPS) is 11.7. The maximum absolute atomic E-state index is 12.6. The van der Waals surface area contributed by atoms with E-state index in [1.807, 2.05) is 0 Å². The molecule has 2 heterocycles. The van der Waals surface area contributed by atoms with E-state index in [1.54, 1.807) is 24.3 Å². The van der Waals surface area contributed by atoms with E-state index in [0.717, 1.165) is 24.0 Å². The minimum Gasteiger partial charge on any atom is -0.411 e. The van der Waals surface area contributed by atoms with E-state index in [4.69, 9.17) is 16.0 Å². The third-order valence-corrected chi connectivity index (χ3v) is 3.66. The number of rotatable bonds is 3. The molecule has 10 heteroatoms. The summed E-state index contributed by atoms with van der Waals surface area (Å²) in [6, 6.07) is 7.62. The van der Waals surface area contributed by atoms with Gasteiger partial charge in [-0.15, -0.1) is 10.2 Å². The predicted molar refractivity (Wildman–Crippen MR) is 75.9 cm³/mol. The van der Waals surface area contributed by atoms with Crippen LogP contribution >= 0.6 is 23.4 Å². The molecular formula is C13H6ClF3N4OS. The Kier molecular flexibility index (Phi) is 4.22. The van der Waals surface area contributed by atoms with Gasteiger partial charge in [0.25, 0.3) is 5.22 Å². The van der Waals surface area contributed by atoms with Crippen molar-refractivity contribution < 1.29 is 17.6 Å². The first-order chi connectivity index (χ1) is 10.9. The van der Waals surface area contributed by atoms with E-state index in [0.29, 0.717) is 10.6 Å². The summed E-state index contributed by atoms with van der Waals surface area (Å²) in [5.41, 5.74) is -0.515. The Morgan fingerprint density at radius 1 is 1.09 bits per heavy atom. The number of alkyl halides is 3. The first kappa shape index (κ1) is 15.8. The van der Waals surface area contributed by atoms with Gasteiger partial charge in [-0.1, -0.05) is 23.7 Å². The van der Waals surface area contributed by atoms with Gasteiger partial charge in [0, 0.05) is 18.0 Å². The van der Waals surface area contributed by atoms with Crippen molar-refractivity contribution in [3.05, 3.63) is 47.2 Å². The van der Waals surface area contributed by atoms with Gasteiger partial charge in [-0.25, -0.2) is 9.97 Å². The first-order valence-electron chi connectivity index (χ1n) is 6.10. The van der Waals surface area contributed by atoms with Crippen LogP contribution in [0.5, 0.6) is 0 Å². The smallest absolute Gasteiger partial charge is 0.411 e. The highest BCUT2D eigenvalue weighted by Crippen LogP contribution is 2.32. The quantitative estimate of drug-likeness (QED) is 0.648. The van der Waals surface area contributed by atoms with E-state index in [-0.39, 0.29) is 16.3 Å². The van der Waals surface area contributed by atoms with Gasteiger partial charge in [0.15, 0.2) is 5.16 Å². The highest BCUT2D eigenvalue weighted by Gasteiger charge is 2.33. The SMILES string of the molecule is FC(F)(F)c1ccnc(Sc2nnc(-c3ccccc3Cl)o2)n1. The molecule has 0 radical (unpaired) electrons. The van der Waals surface area contributed by atoms with Crippen molar-refractivity contribution in [1.82, 2.24) is 20.2 Å². The molecule has 0 N–H and O–H groups in total. The van der Waals surface area contributed by atoms with Crippen LogP contribution in [-0.2, 0) is 6.18 Å². The third-order valence-electron chi connectivity index (χ3n) is 2.61. The molecule has 0 unspecified atom stereocenters. The third kappa shape index (κ3) is 3.62. The maximum Gasteiger partial charge on any atom is 0.433 e. The summed E-state index contributed by atoms with van der Waals surface area (Å²) >= 11 is 6.75. The minimum atomic E-state index is -4.55. The monoisotopic (exact) mass is 358 g/mol. The Morgan fingerprint density at radius 2 is 1.87 bits per heavy atom. The van der Waals surface area contributed by atoms with Gasteiger partial charge >= 0.3 is 6.18 Å². The van der Waals surface area contributed by atoms with Gasteiger partial charge in [-0.3, -0.25) is 0 Å². The number of nitrogens with zero attached hydrogens (tertiary/aromatic N) is 4. The Bertz CT molecular complexity index is 840. The molecule has 0 saturated heterocycles. The molecule has 118 valence electrons. The second kappa shape index (κ2) is 6.17. The fourth-order valence-corrected chi connectivity index (χ4v) is 2.45. The van der Waals surface area contributed by atoms with Gasteiger partial charge in [0.2, 0.25) is 5.89 Å². The van der Waals surface area contributed by atoms with Gasteiger partial charge in [-0.05, 0) is 18.2 Å². The van der Waals surface area contributed by atoms with Crippen molar-refractivity contribution in [2.75, 3.05) is 0 Å². The lowest BCUT2D eigenvalue weighted by atomic mass is 10.2. The van der Waals surface area contributed by atoms with Crippen LogP contribution in [0.15, 0.2) is 51.3 Å². The second-order valence-electron chi connectivity index (χ2n) is 4.18. The molecule has 5 nitrogen and oxygen atoms in total. The average molecular weight is 359 g/mol. The standard InChI is InChI=1S/C13H6ClF3N4OS/c14-8-4-2-1-3-7(8)10-20-21-12(22-10)23-11-18-6-5-9(19-11)13(15,16)17/h1-6H. The summed E-state index contributed by atoms with van der Waals surface area (Å²) < 4.78 is 43.2. The Balaban J connectivity index is 1.84. The van der Waals surface area contributed by atoms with Gasteiger partial charge in [-0.2, -0.15) is 13.2 Å². The summed E-state index contributed by atoms with van der Waals surface area (Å²) in [7, 11) is 0. The van der Waals surface area contributed by atoms with Crippen molar-refractivity contribution in [3.8, 4) is 11.5 Å². The largest absolute Gasteiger partial charge is 0.433 e. The molecule has 3 aromatic rings. The topological polar surface area (TPSA) is 64.7 Å². The number of hydrogen-bond acceptors (Lipinski definition) is 6. The van der Waals surface area contributed by atoms with Crippen LogP contribution in [0.1, 0.15) is 5.69 Å². The van der Waals surface area contributed by atoms with Crippen LogP contribution in [0.4, 0.5) is 13.2 Å². The van der Waals surface area contributed by atoms with Crippen LogP contribution in [0, 0.1) is 0 Å². The molecule has 2 aromatic heterocycles. The van der Waals surface area contributed by atoms with E-state index >= 15 is 0 Å². The molecule has 3 rings (SSSR count). The molecule has 0 atom stereocenters. The summed E-state index contributed by atoms with van der Waals surface area (Å²) in [4.78, 5) is 7.16. The molecule has 0 aliphatic heterocycles. The summed E-state index contributed by atoms with van der Waals surface area (Å²) in [5.74, 6) is 0.157. The van der Waals surface area contributed by atoms with E-state index < -0.39 is 11.9 Å². The summed E-state index contributed by atoms with van der Waals surface area (Å²) in [6.45, 7) is 0. The minimum absolute atomic E-state index is 0.0132. The van der Waals surface area contributed by atoms with Crippen LogP contribution in [-0.4, -0.2) is 20.2 Å². The van der Waals surface area contributed by atoms with Crippen molar-refractivity contribution >= 4 is 23.4 Å².